The number of Topliss-reactive ketones (excluding diaryl/α,β-unsaturated/α-hetero) is 1. The van der Waals surface area contributed by atoms with E-state index in [0.717, 1.165) is 4.47 Å². The highest BCUT2D eigenvalue weighted by atomic mass is 79.9. The molecule has 6 heteroatoms. The number of para-hydroxylation sites is 1. The number of ketones is 1. The summed E-state index contributed by atoms with van der Waals surface area (Å²) in [7, 11) is 1.53. The van der Waals surface area contributed by atoms with E-state index >= 15 is 0 Å². The van der Waals surface area contributed by atoms with Crippen molar-refractivity contribution in [2.45, 2.75) is 6.04 Å². The highest BCUT2D eigenvalue weighted by Crippen LogP contribution is 2.45. The average molecular weight is 464 g/mol. The van der Waals surface area contributed by atoms with Crippen molar-refractivity contribution in [3.05, 3.63) is 100 Å². The minimum atomic E-state index is -0.837. The summed E-state index contributed by atoms with van der Waals surface area (Å²) in [6, 6.07) is 22.2. The molecule has 0 aromatic heterocycles. The molecule has 0 unspecified atom stereocenters. The van der Waals surface area contributed by atoms with E-state index in [2.05, 4.69) is 15.9 Å². The SMILES string of the molecule is COc1ccccc1[C@@H]1C(=C(O)c2ccccc2)C(=O)C(=O)N1c1cccc(Br)c1. The lowest BCUT2D eigenvalue weighted by Gasteiger charge is -2.26. The molecular formula is C24H18BrNO4. The maximum Gasteiger partial charge on any atom is 0.300 e. The Labute approximate surface area is 182 Å². The molecule has 1 aliphatic rings. The Kier molecular flexibility index (Phi) is 5.42. The third-order valence-electron chi connectivity index (χ3n) is 5.01. The van der Waals surface area contributed by atoms with Crippen LogP contribution in [0.15, 0.2) is 88.9 Å². The quantitative estimate of drug-likeness (QED) is 0.332. The van der Waals surface area contributed by atoms with Gasteiger partial charge in [0.1, 0.15) is 11.5 Å². The van der Waals surface area contributed by atoms with Gasteiger partial charge in [-0.25, -0.2) is 0 Å². The first-order chi connectivity index (χ1) is 14.5. The van der Waals surface area contributed by atoms with Crippen LogP contribution in [0.2, 0.25) is 0 Å². The summed E-state index contributed by atoms with van der Waals surface area (Å²) in [5.41, 5.74) is 1.63. The van der Waals surface area contributed by atoms with Crippen molar-refractivity contribution >= 4 is 39.1 Å². The van der Waals surface area contributed by atoms with Gasteiger partial charge in [-0.3, -0.25) is 14.5 Å². The highest BCUT2D eigenvalue weighted by molar-refractivity contribution is 9.10. The molecule has 0 aliphatic carbocycles. The number of nitrogens with zero attached hydrogens (tertiary/aromatic N) is 1. The number of aliphatic hydroxyl groups excluding tert-OH is 1. The van der Waals surface area contributed by atoms with Crippen molar-refractivity contribution in [1.82, 2.24) is 0 Å². The summed E-state index contributed by atoms with van der Waals surface area (Å²) in [4.78, 5) is 27.6. The fraction of sp³-hybridized carbons (Fsp3) is 0.0833. The summed E-state index contributed by atoms with van der Waals surface area (Å²) in [6.07, 6.45) is 0. The van der Waals surface area contributed by atoms with Gasteiger partial charge in [-0.2, -0.15) is 0 Å². The van der Waals surface area contributed by atoms with Crippen LogP contribution in [0.3, 0.4) is 0 Å². The Hall–Kier alpha value is -3.38. The van der Waals surface area contributed by atoms with Gasteiger partial charge in [0.05, 0.1) is 18.7 Å². The zero-order chi connectivity index (χ0) is 21.3. The molecule has 3 aromatic rings. The summed E-state index contributed by atoms with van der Waals surface area (Å²) < 4.78 is 6.27. The minimum absolute atomic E-state index is 0.0238. The third-order valence-corrected chi connectivity index (χ3v) is 5.50. The Bertz CT molecular complexity index is 1160. The monoisotopic (exact) mass is 463 g/mol. The van der Waals surface area contributed by atoms with Gasteiger partial charge in [-0.1, -0.05) is 70.5 Å². The van der Waals surface area contributed by atoms with Crippen LogP contribution in [-0.4, -0.2) is 23.9 Å². The molecule has 0 spiro atoms. The van der Waals surface area contributed by atoms with Gasteiger partial charge < -0.3 is 9.84 Å². The fourth-order valence-electron chi connectivity index (χ4n) is 3.66. The number of rotatable bonds is 4. The van der Waals surface area contributed by atoms with Crippen molar-refractivity contribution < 1.29 is 19.4 Å². The second-order valence-corrected chi connectivity index (χ2v) is 7.67. The van der Waals surface area contributed by atoms with Crippen molar-refractivity contribution in [2.75, 3.05) is 12.0 Å². The van der Waals surface area contributed by atoms with Crippen molar-refractivity contribution in [3.63, 3.8) is 0 Å². The summed E-state index contributed by atoms with van der Waals surface area (Å²) in [5.74, 6) is -1.15. The van der Waals surface area contributed by atoms with Gasteiger partial charge >= 0.3 is 0 Å². The van der Waals surface area contributed by atoms with E-state index in [-0.39, 0.29) is 11.3 Å². The fourth-order valence-corrected chi connectivity index (χ4v) is 4.05. The molecule has 1 aliphatic heterocycles. The normalized spacial score (nSPS) is 17.9. The number of hydrogen-bond acceptors (Lipinski definition) is 4. The number of methoxy groups -OCH3 is 1. The van der Waals surface area contributed by atoms with E-state index < -0.39 is 17.7 Å². The molecular weight excluding hydrogens is 446 g/mol. The van der Waals surface area contributed by atoms with Crippen molar-refractivity contribution in [2.24, 2.45) is 0 Å². The molecule has 1 amide bonds. The lowest BCUT2D eigenvalue weighted by Crippen LogP contribution is -2.29. The Morgan fingerprint density at radius 1 is 0.967 bits per heavy atom. The molecule has 30 heavy (non-hydrogen) atoms. The van der Waals surface area contributed by atoms with E-state index in [1.54, 1.807) is 60.7 Å². The number of anilines is 1. The molecule has 1 N–H and O–H groups in total. The van der Waals surface area contributed by atoms with E-state index in [1.165, 1.54) is 12.0 Å². The van der Waals surface area contributed by atoms with Crippen LogP contribution in [-0.2, 0) is 9.59 Å². The molecule has 3 aromatic carbocycles. The number of hydrogen-bond donors (Lipinski definition) is 1. The predicted octanol–water partition coefficient (Wildman–Crippen LogP) is 5.08. The summed E-state index contributed by atoms with van der Waals surface area (Å²) in [6.45, 7) is 0. The van der Waals surface area contributed by atoms with Gasteiger partial charge in [0, 0.05) is 21.3 Å². The van der Waals surface area contributed by atoms with Crippen LogP contribution in [0.25, 0.3) is 5.76 Å². The molecule has 1 saturated heterocycles. The molecule has 1 atom stereocenters. The number of carbonyl (C=O) groups is 2. The number of ether oxygens (including phenoxy) is 1. The van der Waals surface area contributed by atoms with Crippen molar-refractivity contribution in [3.8, 4) is 5.75 Å². The second-order valence-electron chi connectivity index (χ2n) is 6.76. The molecule has 1 fully saturated rings. The Morgan fingerprint density at radius 3 is 2.37 bits per heavy atom. The Balaban J connectivity index is 2.00. The first kappa shape index (κ1) is 19.9. The average Bonchev–Trinajstić information content (AvgIpc) is 3.04. The highest BCUT2D eigenvalue weighted by Gasteiger charge is 2.47. The molecule has 0 bridgehead atoms. The zero-order valence-electron chi connectivity index (χ0n) is 16.1. The summed E-state index contributed by atoms with van der Waals surface area (Å²) >= 11 is 3.42. The van der Waals surface area contributed by atoms with E-state index in [0.29, 0.717) is 22.6 Å². The van der Waals surface area contributed by atoms with Crippen LogP contribution < -0.4 is 9.64 Å². The molecule has 0 radical (unpaired) electrons. The van der Waals surface area contributed by atoms with Crippen molar-refractivity contribution in [1.29, 1.82) is 0 Å². The van der Waals surface area contributed by atoms with Crippen LogP contribution in [0.5, 0.6) is 5.75 Å². The second kappa shape index (κ2) is 8.16. The van der Waals surface area contributed by atoms with Crippen LogP contribution in [0.4, 0.5) is 5.69 Å². The standard InChI is InChI=1S/C24H18BrNO4/c1-30-19-13-6-5-12-18(19)21-20(22(27)15-8-3-2-4-9-15)23(28)24(29)26(21)17-11-7-10-16(25)14-17/h2-14,21,27H,1H3/t21-/m1/s1. The number of halogens is 1. The van der Waals surface area contributed by atoms with E-state index in [4.69, 9.17) is 4.74 Å². The molecule has 0 saturated carbocycles. The number of amides is 1. The topological polar surface area (TPSA) is 66.8 Å². The van der Waals surface area contributed by atoms with Gasteiger partial charge in [0.15, 0.2) is 0 Å². The zero-order valence-corrected chi connectivity index (χ0v) is 17.7. The van der Waals surface area contributed by atoms with Crippen LogP contribution in [0, 0.1) is 0 Å². The van der Waals surface area contributed by atoms with Crippen LogP contribution in [0.1, 0.15) is 17.2 Å². The third kappa shape index (κ3) is 3.39. The molecule has 4 rings (SSSR count). The van der Waals surface area contributed by atoms with Crippen LogP contribution >= 0.6 is 15.9 Å². The first-order valence-corrected chi connectivity index (χ1v) is 10.1. The molecule has 150 valence electrons. The van der Waals surface area contributed by atoms with Gasteiger partial charge in [0.25, 0.3) is 11.7 Å². The van der Waals surface area contributed by atoms with Gasteiger partial charge in [0.2, 0.25) is 0 Å². The predicted molar refractivity (Wildman–Crippen MR) is 118 cm³/mol. The lowest BCUT2D eigenvalue weighted by atomic mass is 9.94. The molecule has 1 heterocycles. The number of aliphatic hydroxyl groups is 1. The lowest BCUT2D eigenvalue weighted by molar-refractivity contribution is -0.132. The van der Waals surface area contributed by atoms with E-state index in [1.807, 2.05) is 18.2 Å². The first-order valence-electron chi connectivity index (χ1n) is 9.28. The van der Waals surface area contributed by atoms with E-state index in [9.17, 15) is 14.7 Å². The maximum absolute atomic E-state index is 13.1. The maximum atomic E-state index is 13.1. The van der Waals surface area contributed by atoms with Gasteiger partial charge in [-0.05, 0) is 24.3 Å². The van der Waals surface area contributed by atoms with Gasteiger partial charge in [-0.15, -0.1) is 0 Å². The largest absolute Gasteiger partial charge is 0.507 e. The smallest absolute Gasteiger partial charge is 0.300 e. The number of benzene rings is 3. The summed E-state index contributed by atoms with van der Waals surface area (Å²) in [5, 5.41) is 11.1. The Morgan fingerprint density at radius 2 is 1.67 bits per heavy atom. The molecule has 5 nitrogen and oxygen atoms in total. The number of carbonyl (C=O) groups excluding carboxylic acids is 2. The minimum Gasteiger partial charge on any atom is -0.507 e.